The first kappa shape index (κ1) is 26.1. The molecule has 3 aromatic rings. The van der Waals surface area contributed by atoms with Crippen molar-refractivity contribution in [3.8, 4) is 17.2 Å². The highest BCUT2D eigenvalue weighted by Gasteiger charge is 2.28. The number of carbonyl (C=O) groups is 1. The summed E-state index contributed by atoms with van der Waals surface area (Å²) in [5.41, 5.74) is 1.68. The minimum absolute atomic E-state index is 0.0378. The summed E-state index contributed by atoms with van der Waals surface area (Å²) in [4.78, 5) is 13.2. The predicted octanol–water partition coefficient (Wildman–Crippen LogP) is 3.48. The van der Waals surface area contributed by atoms with E-state index in [4.69, 9.17) is 14.2 Å². The first-order valence-electron chi connectivity index (χ1n) is 11.0. The molecule has 2 atom stereocenters. The second-order valence-electron chi connectivity index (χ2n) is 7.88. The molecule has 8 nitrogen and oxygen atoms in total. The average Bonchev–Trinajstić information content (AvgIpc) is 2.88. The Hall–Kier alpha value is -3.56. The van der Waals surface area contributed by atoms with Crippen molar-refractivity contribution >= 4 is 15.9 Å². The number of sulfonamides is 1. The molecule has 0 radical (unpaired) electrons. The molecule has 1 amide bonds. The van der Waals surface area contributed by atoms with Crippen molar-refractivity contribution in [2.75, 3.05) is 21.3 Å². The number of amides is 1. The number of benzene rings is 3. The van der Waals surface area contributed by atoms with Crippen LogP contribution in [0.5, 0.6) is 17.2 Å². The minimum Gasteiger partial charge on any atom is -0.497 e. The van der Waals surface area contributed by atoms with E-state index >= 15 is 0 Å². The Morgan fingerprint density at radius 1 is 0.857 bits per heavy atom. The fraction of sp³-hybridized carbons (Fsp3) is 0.269. The lowest BCUT2D eigenvalue weighted by Gasteiger charge is -2.22. The third kappa shape index (κ3) is 6.74. The van der Waals surface area contributed by atoms with E-state index in [1.54, 1.807) is 19.2 Å². The van der Waals surface area contributed by atoms with E-state index in [0.717, 1.165) is 11.1 Å². The van der Waals surface area contributed by atoms with Crippen LogP contribution in [0.15, 0.2) is 77.7 Å². The lowest BCUT2D eigenvalue weighted by atomic mass is 10.0. The monoisotopic (exact) mass is 498 g/mol. The third-order valence-corrected chi connectivity index (χ3v) is 7.01. The molecule has 0 saturated carbocycles. The van der Waals surface area contributed by atoms with Crippen LogP contribution in [0.1, 0.15) is 24.1 Å². The smallest absolute Gasteiger partial charge is 0.241 e. The Labute approximate surface area is 206 Å². The van der Waals surface area contributed by atoms with Gasteiger partial charge in [-0.15, -0.1) is 0 Å². The maximum Gasteiger partial charge on any atom is 0.241 e. The Bertz CT molecular complexity index is 1230. The van der Waals surface area contributed by atoms with Gasteiger partial charge in [0.2, 0.25) is 15.9 Å². The zero-order valence-corrected chi connectivity index (χ0v) is 21.0. The first-order valence-corrected chi connectivity index (χ1v) is 12.5. The molecule has 2 N–H and O–H groups in total. The van der Waals surface area contributed by atoms with Crippen molar-refractivity contribution in [2.45, 2.75) is 30.3 Å². The summed E-state index contributed by atoms with van der Waals surface area (Å²) in [7, 11) is 0.419. The van der Waals surface area contributed by atoms with Crippen LogP contribution < -0.4 is 24.2 Å². The van der Waals surface area contributed by atoms with Crippen molar-refractivity contribution < 1.29 is 27.4 Å². The van der Waals surface area contributed by atoms with Crippen molar-refractivity contribution in [1.29, 1.82) is 0 Å². The summed E-state index contributed by atoms with van der Waals surface area (Å²) in [6, 6.07) is 19.4. The summed E-state index contributed by atoms with van der Waals surface area (Å²) in [5.74, 6) is 0.934. The van der Waals surface area contributed by atoms with Crippen LogP contribution in [-0.2, 0) is 21.2 Å². The second kappa shape index (κ2) is 11.7. The number of hydrogen-bond donors (Lipinski definition) is 2. The quantitative estimate of drug-likeness (QED) is 0.420. The highest BCUT2D eigenvalue weighted by atomic mass is 32.2. The molecule has 3 aromatic carbocycles. The van der Waals surface area contributed by atoms with E-state index in [-0.39, 0.29) is 23.1 Å². The predicted molar refractivity (Wildman–Crippen MR) is 133 cm³/mol. The molecule has 0 heterocycles. The SMILES string of the molecule is COc1ccc([C@H](C)NC(=O)[C@H](Cc2ccccc2)NS(=O)(=O)c2ccc(OC)c(OC)c2)cc1. The number of hydrogen-bond acceptors (Lipinski definition) is 6. The zero-order chi connectivity index (χ0) is 25.4. The van der Waals surface area contributed by atoms with Gasteiger partial charge in [-0.1, -0.05) is 42.5 Å². The number of rotatable bonds is 11. The molecular formula is C26H30N2O6S. The van der Waals surface area contributed by atoms with Crippen molar-refractivity contribution in [3.05, 3.63) is 83.9 Å². The minimum atomic E-state index is -4.05. The second-order valence-corrected chi connectivity index (χ2v) is 9.60. The van der Waals surface area contributed by atoms with Crippen molar-refractivity contribution in [3.63, 3.8) is 0 Å². The number of nitrogens with one attached hydrogen (secondary N) is 2. The maximum absolute atomic E-state index is 13.3. The summed E-state index contributed by atoms with van der Waals surface area (Å²) < 4.78 is 44.6. The molecule has 9 heteroatoms. The molecule has 0 aliphatic rings. The Morgan fingerprint density at radius 3 is 2.11 bits per heavy atom. The van der Waals surface area contributed by atoms with E-state index in [1.807, 2.05) is 49.4 Å². The van der Waals surface area contributed by atoms with E-state index < -0.39 is 22.0 Å². The Balaban J connectivity index is 1.85. The van der Waals surface area contributed by atoms with Gasteiger partial charge in [0.1, 0.15) is 11.8 Å². The van der Waals surface area contributed by atoms with Crippen LogP contribution in [0, 0.1) is 0 Å². The van der Waals surface area contributed by atoms with E-state index in [1.165, 1.54) is 32.4 Å². The topological polar surface area (TPSA) is 103 Å². The fourth-order valence-electron chi connectivity index (χ4n) is 3.57. The van der Waals surface area contributed by atoms with Gasteiger partial charge in [-0.3, -0.25) is 4.79 Å². The zero-order valence-electron chi connectivity index (χ0n) is 20.1. The first-order chi connectivity index (χ1) is 16.8. The van der Waals surface area contributed by atoms with E-state index in [2.05, 4.69) is 10.0 Å². The van der Waals surface area contributed by atoms with Gasteiger partial charge in [0, 0.05) is 6.07 Å². The van der Waals surface area contributed by atoms with Gasteiger partial charge in [-0.2, -0.15) is 4.72 Å². The van der Waals surface area contributed by atoms with E-state index in [0.29, 0.717) is 11.5 Å². The molecule has 0 saturated heterocycles. The molecule has 35 heavy (non-hydrogen) atoms. The van der Waals surface area contributed by atoms with Gasteiger partial charge in [0.05, 0.1) is 32.3 Å². The number of methoxy groups -OCH3 is 3. The highest BCUT2D eigenvalue weighted by molar-refractivity contribution is 7.89. The lowest BCUT2D eigenvalue weighted by Crippen LogP contribution is -2.48. The van der Waals surface area contributed by atoms with Gasteiger partial charge in [0.25, 0.3) is 0 Å². The van der Waals surface area contributed by atoms with Gasteiger partial charge < -0.3 is 19.5 Å². The average molecular weight is 499 g/mol. The summed E-state index contributed by atoms with van der Waals surface area (Å²) in [6.45, 7) is 1.84. The lowest BCUT2D eigenvalue weighted by molar-refractivity contribution is -0.123. The maximum atomic E-state index is 13.3. The summed E-state index contributed by atoms with van der Waals surface area (Å²) in [6.07, 6.45) is 0.175. The van der Waals surface area contributed by atoms with Crippen molar-refractivity contribution in [2.24, 2.45) is 0 Å². The Morgan fingerprint density at radius 2 is 1.51 bits per heavy atom. The molecule has 0 bridgehead atoms. The number of ether oxygens (including phenoxy) is 3. The van der Waals surface area contributed by atoms with Gasteiger partial charge in [-0.05, 0) is 48.7 Å². The Kier molecular flexibility index (Phi) is 8.73. The van der Waals surface area contributed by atoms with Gasteiger partial charge >= 0.3 is 0 Å². The molecule has 0 unspecified atom stereocenters. The normalized spacial score (nSPS) is 12.9. The third-order valence-electron chi connectivity index (χ3n) is 5.54. The molecular weight excluding hydrogens is 468 g/mol. The van der Waals surface area contributed by atoms with Gasteiger partial charge in [-0.25, -0.2) is 8.42 Å². The molecule has 0 spiro atoms. The van der Waals surface area contributed by atoms with Crippen LogP contribution in [0.4, 0.5) is 0 Å². The fourth-order valence-corrected chi connectivity index (χ4v) is 4.78. The van der Waals surface area contributed by atoms with E-state index in [9.17, 15) is 13.2 Å². The molecule has 3 rings (SSSR count). The van der Waals surface area contributed by atoms with Crippen molar-refractivity contribution in [1.82, 2.24) is 10.0 Å². The summed E-state index contributed by atoms with van der Waals surface area (Å²) in [5, 5.41) is 2.92. The van der Waals surface area contributed by atoms with Crippen LogP contribution >= 0.6 is 0 Å². The highest BCUT2D eigenvalue weighted by Crippen LogP contribution is 2.29. The standard InChI is InChI=1S/C26H30N2O6S/c1-18(20-10-12-21(32-2)13-11-20)27-26(29)23(16-19-8-6-5-7-9-19)28-35(30,31)22-14-15-24(33-3)25(17-22)34-4/h5-15,17-18,23,28H,16H2,1-4H3,(H,27,29)/t18-,23-/m0/s1. The van der Waals surface area contributed by atoms with Crippen LogP contribution in [0.3, 0.4) is 0 Å². The van der Waals surface area contributed by atoms with Crippen LogP contribution in [0.25, 0.3) is 0 Å². The molecule has 0 aliphatic heterocycles. The molecule has 186 valence electrons. The number of carbonyl (C=O) groups excluding carboxylic acids is 1. The molecule has 0 fully saturated rings. The molecule has 0 aliphatic carbocycles. The largest absolute Gasteiger partial charge is 0.497 e. The molecule has 0 aromatic heterocycles. The van der Waals surface area contributed by atoms with Crippen LogP contribution in [0.2, 0.25) is 0 Å². The van der Waals surface area contributed by atoms with Crippen LogP contribution in [-0.4, -0.2) is 41.7 Å². The van der Waals surface area contributed by atoms with Gasteiger partial charge in [0.15, 0.2) is 11.5 Å². The summed E-state index contributed by atoms with van der Waals surface area (Å²) >= 11 is 0.